The van der Waals surface area contributed by atoms with E-state index < -0.39 is 0 Å². The molecule has 0 saturated carbocycles. The number of nitrogens with one attached hydrogen (secondary N) is 1. The maximum atomic E-state index is 13.4. The van der Waals surface area contributed by atoms with Gasteiger partial charge in [-0.05, 0) is 28.5 Å². The van der Waals surface area contributed by atoms with Gasteiger partial charge in [0.05, 0.1) is 23.2 Å². The molecule has 5 heteroatoms. The summed E-state index contributed by atoms with van der Waals surface area (Å²) in [7, 11) is 3.43. The van der Waals surface area contributed by atoms with Crippen molar-refractivity contribution in [1.82, 2.24) is 9.88 Å². The van der Waals surface area contributed by atoms with E-state index >= 15 is 0 Å². The number of carbonyl (C=O) groups is 2. The molecular formula is C24H21N3O2. The van der Waals surface area contributed by atoms with Gasteiger partial charge in [-0.2, -0.15) is 0 Å². The van der Waals surface area contributed by atoms with Gasteiger partial charge in [0.15, 0.2) is 0 Å². The van der Waals surface area contributed by atoms with Crippen LogP contribution in [-0.4, -0.2) is 35.8 Å². The molecule has 0 saturated heterocycles. The van der Waals surface area contributed by atoms with Crippen molar-refractivity contribution < 1.29 is 9.59 Å². The number of benzene rings is 3. The van der Waals surface area contributed by atoms with Crippen molar-refractivity contribution in [2.75, 3.05) is 19.4 Å². The van der Waals surface area contributed by atoms with E-state index in [0.717, 1.165) is 21.7 Å². The lowest BCUT2D eigenvalue weighted by molar-refractivity contribution is -0.127. The number of likely N-dealkylation sites (N-methyl/N-ethyl adjacent to an activating group) is 1. The Morgan fingerprint density at radius 2 is 1.66 bits per heavy atom. The summed E-state index contributed by atoms with van der Waals surface area (Å²) in [6.07, 6.45) is 1.87. The minimum Gasteiger partial charge on any atom is -0.349 e. The maximum absolute atomic E-state index is 13.4. The van der Waals surface area contributed by atoms with Crippen LogP contribution < -0.4 is 5.32 Å². The second kappa shape index (κ2) is 7.72. The van der Waals surface area contributed by atoms with Gasteiger partial charge in [-0.15, -0.1) is 0 Å². The molecule has 0 aliphatic rings. The van der Waals surface area contributed by atoms with Crippen LogP contribution in [0.5, 0.6) is 0 Å². The third-order valence-electron chi connectivity index (χ3n) is 4.96. The van der Waals surface area contributed by atoms with Crippen molar-refractivity contribution in [2.24, 2.45) is 0 Å². The molecule has 144 valence electrons. The van der Waals surface area contributed by atoms with E-state index in [0.29, 0.717) is 16.8 Å². The quantitative estimate of drug-likeness (QED) is 0.572. The summed E-state index contributed by atoms with van der Waals surface area (Å²) in [5.41, 5.74) is 2.60. The topological polar surface area (TPSA) is 62.3 Å². The zero-order valence-electron chi connectivity index (χ0n) is 16.3. The molecule has 1 heterocycles. The number of carbonyl (C=O) groups excluding carboxylic acids is 2. The Kier molecular flexibility index (Phi) is 4.96. The van der Waals surface area contributed by atoms with Crippen LogP contribution in [-0.2, 0) is 11.2 Å². The van der Waals surface area contributed by atoms with Crippen molar-refractivity contribution in [3.05, 3.63) is 84.1 Å². The zero-order valence-corrected chi connectivity index (χ0v) is 16.3. The van der Waals surface area contributed by atoms with Gasteiger partial charge in [-0.3, -0.25) is 14.6 Å². The van der Waals surface area contributed by atoms with Gasteiger partial charge >= 0.3 is 0 Å². The Morgan fingerprint density at radius 3 is 2.48 bits per heavy atom. The molecule has 0 spiro atoms. The fourth-order valence-electron chi connectivity index (χ4n) is 3.44. The molecule has 0 unspecified atom stereocenters. The van der Waals surface area contributed by atoms with Crippen LogP contribution in [0.15, 0.2) is 72.9 Å². The van der Waals surface area contributed by atoms with E-state index in [4.69, 9.17) is 0 Å². The summed E-state index contributed by atoms with van der Waals surface area (Å²) in [5.74, 6) is -0.303. The van der Waals surface area contributed by atoms with E-state index in [1.54, 1.807) is 20.3 Å². The van der Waals surface area contributed by atoms with Crippen molar-refractivity contribution in [1.29, 1.82) is 0 Å². The molecule has 2 amide bonds. The number of para-hydroxylation sites is 1. The smallest absolute Gasteiger partial charge is 0.256 e. The average Bonchev–Trinajstić information content (AvgIpc) is 2.73. The van der Waals surface area contributed by atoms with Crippen LogP contribution in [0.4, 0.5) is 5.69 Å². The van der Waals surface area contributed by atoms with Gasteiger partial charge in [-0.1, -0.05) is 54.6 Å². The highest BCUT2D eigenvalue weighted by atomic mass is 16.2. The summed E-state index contributed by atoms with van der Waals surface area (Å²) in [5, 5.41) is 5.74. The van der Waals surface area contributed by atoms with E-state index in [-0.39, 0.29) is 18.2 Å². The van der Waals surface area contributed by atoms with E-state index in [1.165, 1.54) is 4.90 Å². The molecule has 4 aromatic rings. The minimum absolute atomic E-state index is 0.0545. The minimum atomic E-state index is -0.249. The number of fused-ring (bicyclic) bond motifs is 2. The highest BCUT2D eigenvalue weighted by Crippen LogP contribution is 2.26. The van der Waals surface area contributed by atoms with Crippen LogP contribution >= 0.6 is 0 Å². The number of anilines is 1. The van der Waals surface area contributed by atoms with Gasteiger partial charge < -0.3 is 10.2 Å². The second-order valence-corrected chi connectivity index (χ2v) is 7.12. The van der Waals surface area contributed by atoms with Crippen molar-refractivity contribution >= 4 is 39.2 Å². The Balaban J connectivity index is 1.80. The van der Waals surface area contributed by atoms with Crippen LogP contribution in [0.25, 0.3) is 21.7 Å². The fourth-order valence-corrected chi connectivity index (χ4v) is 3.44. The largest absolute Gasteiger partial charge is 0.349 e. The molecule has 0 radical (unpaired) electrons. The number of pyridine rings is 1. The lowest BCUT2D eigenvalue weighted by atomic mass is 9.96. The Hall–Kier alpha value is -3.73. The van der Waals surface area contributed by atoms with Crippen LogP contribution in [0.1, 0.15) is 15.9 Å². The third-order valence-corrected chi connectivity index (χ3v) is 4.96. The van der Waals surface area contributed by atoms with Gasteiger partial charge in [0.25, 0.3) is 5.91 Å². The molecule has 4 rings (SSSR count). The summed E-state index contributed by atoms with van der Waals surface area (Å²) in [6.45, 7) is 0. The van der Waals surface area contributed by atoms with E-state index in [1.807, 2.05) is 66.7 Å². The van der Waals surface area contributed by atoms with Crippen molar-refractivity contribution in [3.8, 4) is 0 Å². The van der Waals surface area contributed by atoms with Crippen LogP contribution in [0.3, 0.4) is 0 Å². The molecule has 0 fully saturated rings. The first-order valence-corrected chi connectivity index (χ1v) is 9.40. The molecule has 1 aromatic heterocycles. The molecule has 0 atom stereocenters. The first kappa shape index (κ1) is 18.6. The van der Waals surface area contributed by atoms with E-state index in [9.17, 15) is 9.59 Å². The number of hydrogen-bond donors (Lipinski definition) is 1. The number of hydrogen-bond acceptors (Lipinski definition) is 3. The maximum Gasteiger partial charge on any atom is 0.256 e. The Morgan fingerprint density at radius 1 is 0.897 bits per heavy atom. The first-order chi connectivity index (χ1) is 14.0. The highest BCUT2D eigenvalue weighted by Gasteiger charge is 2.19. The molecular weight excluding hydrogens is 362 g/mol. The van der Waals surface area contributed by atoms with Gasteiger partial charge in [0.2, 0.25) is 5.91 Å². The average molecular weight is 383 g/mol. The van der Waals surface area contributed by atoms with Gasteiger partial charge in [0, 0.05) is 25.7 Å². The first-order valence-electron chi connectivity index (χ1n) is 9.40. The zero-order chi connectivity index (χ0) is 20.4. The molecule has 5 nitrogen and oxygen atoms in total. The van der Waals surface area contributed by atoms with Gasteiger partial charge in [-0.25, -0.2) is 0 Å². The van der Waals surface area contributed by atoms with Crippen LogP contribution in [0.2, 0.25) is 0 Å². The number of amides is 2. The van der Waals surface area contributed by atoms with E-state index in [2.05, 4.69) is 10.3 Å². The summed E-state index contributed by atoms with van der Waals surface area (Å²) in [4.78, 5) is 31.7. The summed E-state index contributed by atoms with van der Waals surface area (Å²) in [6, 6.07) is 21.0. The highest BCUT2D eigenvalue weighted by molar-refractivity contribution is 6.16. The molecule has 3 aromatic carbocycles. The standard InChI is InChI=1S/C24H21N3O2/c1-27(2)21(28)15-18-13-12-16-7-3-4-10-19(16)22(18)24(29)26-20-11-5-8-17-9-6-14-25-23(17)20/h3-14H,15H2,1-2H3,(H,26,29). The lowest BCUT2D eigenvalue weighted by Crippen LogP contribution is -2.25. The Labute approximate surface area is 169 Å². The molecule has 0 aliphatic heterocycles. The molecule has 1 N–H and O–H groups in total. The molecule has 0 bridgehead atoms. The number of nitrogens with zero attached hydrogens (tertiary/aromatic N) is 2. The van der Waals surface area contributed by atoms with Gasteiger partial charge in [0.1, 0.15) is 0 Å². The van der Waals surface area contributed by atoms with Crippen molar-refractivity contribution in [2.45, 2.75) is 6.42 Å². The molecule has 0 aliphatic carbocycles. The second-order valence-electron chi connectivity index (χ2n) is 7.12. The number of aromatic nitrogens is 1. The lowest BCUT2D eigenvalue weighted by Gasteiger charge is -2.16. The molecule has 29 heavy (non-hydrogen) atoms. The van der Waals surface area contributed by atoms with Crippen LogP contribution in [0, 0.1) is 0 Å². The SMILES string of the molecule is CN(C)C(=O)Cc1ccc2ccccc2c1C(=O)Nc1cccc2cccnc12. The number of rotatable bonds is 4. The summed E-state index contributed by atoms with van der Waals surface area (Å²) < 4.78 is 0. The monoisotopic (exact) mass is 383 g/mol. The fraction of sp³-hybridized carbons (Fsp3) is 0.125. The Bertz CT molecular complexity index is 1230. The predicted octanol–water partition coefficient (Wildman–Crippen LogP) is 4.27. The third kappa shape index (κ3) is 3.67. The summed E-state index contributed by atoms with van der Waals surface area (Å²) >= 11 is 0. The predicted molar refractivity (Wildman–Crippen MR) is 116 cm³/mol. The normalized spacial score (nSPS) is 10.8. The van der Waals surface area contributed by atoms with Crippen molar-refractivity contribution in [3.63, 3.8) is 0 Å².